The van der Waals surface area contributed by atoms with Crippen molar-refractivity contribution in [2.75, 3.05) is 6.54 Å². The van der Waals surface area contributed by atoms with Gasteiger partial charge in [0, 0.05) is 11.9 Å². The van der Waals surface area contributed by atoms with Crippen molar-refractivity contribution in [1.82, 2.24) is 26.1 Å². The molecule has 0 spiro atoms. The number of fused-ring (bicyclic) bond motifs is 1. The van der Waals surface area contributed by atoms with Gasteiger partial charge in [-0.25, -0.2) is 10.4 Å². The molecular weight excluding hydrogens is 534 g/mol. The zero-order valence-corrected chi connectivity index (χ0v) is 25.3. The summed E-state index contributed by atoms with van der Waals surface area (Å²) in [4.78, 5) is 56.4. The Morgan fingerprint density at radius 2 is 1.79 bits per heavy atom. The molecule has 1 aliphatic rings. The number of ether oxygens (including phenoxy) is 1. The third-order valence-corrected chi connectivity index (χ3v) is 7.29. The summed E-state index contributed by atoms with van der Waals surface area (Å²) in [5.41, 5.74) is 5.31. The lowest BCUT2D eigenvalue weighted by atomic mass is 10.0. The SMILES string of the molecule is C=Cc1ccc2ccc([C@@H](C)OC(=O)[C@@H]3CCCN(C(=O)C(C)NC(=O)C(NC(=O)C(C)/C=C/C)C(C)C)N3)nc2c1. The van der Waals surface area contributed by atoms with E-state index in [0.717, 1.165) is 16.5 Å². The van der Waals surface area contributed by atoms with Crippen LogP contribution in [0, 0.1) is 11.8 Å². The van der Waals surface area contributed by atoms with Gasteiger partial charge in [0.2, 0.25) is 11.8 Å². The first-order valence-electron chi connectivity index (χ1n) is 14.5. The molecule has 1 aromatic heterocycles. The van der Waals surface area contributed by atoms with Gasteiger partial charge in [0.25, 0.3) is 5.91 Å². The molecule has 1 fully saturated rings. The second-order valence-corrected chi connectivity index (χ2v) is 11.1. The summed E-state index contributed by atoms with van der Waals surface area (Å²) in [5.74, 6) is -2.17. The van der Waals surface area contributed by atoms with Crippen LogP contribution in [0.25, 0.3) is 17.0 Å². The van der Waals surface area contributed by atoms with Gasteiger partial charge in [-0.3, -0.25) is 24.2 Å². The molecule has 10 nitrogen and oxygen atoms in total. The van der Waals surface area contributed by atoms with E-state index in [1.165, 1.54) is 5.01 Å². The van der Waals surface area contributed by atoms with Crippen LogP contribution in [0.5, 0.6) is 0 Å². The van der Waals surface area contributed by atoms with Gasteiger partial charge in [-0.15, -0.1) is 0 Å². The molecule has 10 heteroatoms. The van der Waals surface area contributed by atoms with Crippen LogP contribution in [-0.4, -0.2) is 58.4 Å². The number of esters is 1. The largest absolute Gasteiger partial charge is 0.455 e. The average Bonchev–Trinajstić information content (AvgIpc) is 2.98. The molecule has 0 saturated carbocycles. The normalized spacial score (nSPS) is 18.3. The number of hydrazine groups is 1. The van der Waals surface area contributed by atoms with Crippen LogP contribution in [0.2, 0.25) is 0 Å². The van der Waals surface area contributed by atoms with E-state index >= 15 is 0 Å². The zero-order chi connectivity index (χ0) is 31.0. The van der Waals surface area contributed by atoms with E-state index in [9.17, 15) is 19.2 Å². The van der Waals surface area contributed by atoms with Gasteiger partial charge in [0.05, 0.1) is 17.1 Å². The van der Waals surface area contributed by atoms with E-state index in [2.05, 4.69) is 27.6 Å². The van der Waals surface area contributed by atoms with Crippen molar-refractivity contribution in [3.63, 3.8) is 0 Å². The van der Waals surface area contributed by atoms with Gasteiger partial charge < -0.3 is 15.4 Å². The molecule has 42 heavy (non-hydrogen) atoms. The van der Waals surface area contributed by atoms with Crippen molar-refractivity contribution >= 4 is 40.7 Å². The van der Waals surface area contributed by atoms with Crippen molar-refractivity contribution in [1.29, 1.82) is 0 Å². The minimum Gasteiger partial charge on any atom is -0.455 e. The quantitative estimate of drug-likeness (QED) is 0.273. The summed E-state index contributed by atoms with van der Waals surface area (Å²) >= 11 is 0. The van der Waals surface area contributed by atoms with Gasteiger partial charge in [-0.1, -0.05) is 63.8 Å². The monoisotopic (exact) mass is 577 g/mol. The summed E-state index contributed by atoms with van der Waals surface area (Å²) in [7, 11) is 0. The molecule has 1 saturated heterocycles. The van der Waals surface area contributed by atoms with E-state index in [4.69, 9.17) is 4.74 Å². The molecule has 0 radical (unpaired) electrons. The number of rotatable bonds is 11. The molecule has 5 atom stereocenters. The van der Waals surface area contributed by atoms with Crippen molar-refractivity contribution in [3.8, 4) is 0 Å². The fraction of sp³-hybridized carbons (Fsp3) is 0.469. The second-order valence-electron chi connectivity index (χ2n) is 11.1. The molecule has 0 bridgehead atoms. The highest BCUT2D eigenvalue weighted by atomic mass is 16.5. The highest BCUT2D eigenvalue weighted by molar-refractivity contribution is 5.92. The lowest BCUT2D eigenvalue weighted by molar-refractivity contribution is -0.157. The van der Waals surface area contributed by atoms with E-state index in [1.54, 1.807) is 39.0 Å². The van der Waals surface area contributed by atoms with Crippen molar-refractivity contribution in [2.24, 2.45) is 11.8 Å². The molecular formula is C32H43N5O5. The van der Waals surface area contributed by atoms with Gasteiger partial charge in [-0.2, -0.15) is 0 Å². The Balaban J connectivity index is 1.59. The first kappa shape index (κ1) is 32.5. The molecule has 3 N–H and O–H groups in total. The summed E-state index contributed by atoms with van der Waals surface area (Å²) in [6.45, 7) is 14.7. The number of allylic oxidation sites excluding steroid dienone is 1. The van der Waals surface area contributed by atoms with Crippen LogP contribution in [0.15, 0.2) is 49.1 Å². The van der Waals surface area contributed by atoms with E-state index in [1.807, 2.05) is 51.1 Å². The number of hydrogen-bond donors (Lipinski definition) is 3. The number of nitrogens with one attached hydrogen (secondary N) is 3. The van der Waals surface area contributed by atoms with Crippen LogP contribution < -0.4 is 16.1 Å². The number of carbonyl (C=O) groups excluding carboxylic acids is 4. The number of aromatic nitrogens is 1. The molecule has 0 aliphatic carbocycles. The molecule has 1 aromatic carbocycles. The highest BCUT2D eigenvalue weighted by Gasteiger charge is 2.34. The standard InChI is InChI=1S/C32H43N5O5/c1-8-11-20(5)29(38)35-28(19(3)4)30(39)33-21(6)31(40)37-17-10-12-26(36-37)32(41)42-22(7)25-16-15-24-14-13-23(9-2)18-27(24)34-25/h8-9,11,13-16,18-22,26,28,36H,2,10,12,17H2,1,3-7H3,(H,33,39)(H,35,38)/b11-8+/t20?,21?,22-,26+,28?/m1/s1. The van der Waals surface area contributed by atoms with Gasteiger partial charge in [-0.05, 0) is 57.2 Å². The van der Waals surface area contributed by atoms with Crippen LogP contribution in [0.3, 0.4) is 0 Å². The summed E-state index contributed by atoms with van der Waals surface area (Å²) in [5, 5.41) is 7.83. The minimum absolute atomic E-state index is 0.190. The fourth-order valence-electron chi connectivity index (χ4n) is 4.73. The van der Waals surface area contributed by atoms with Crippen molar-refractivity contribution in [2.45, 2.75) is 78.6 Å². The molecule has 3 rings (SSSR count). The second kappa shape index (κ2) is 14.7. The third-order valence-electron chi connectivity index (χ3n) is 7.29. The predicted octanol–water partition coefficient (Wildman–Crippen LogP) is 3.84. The number of pyridine rings is 1. The maximum Gasteiger partial charge on any atom is 0.325 e. The Bertz CT molecular complexity index is 1340. The smallest absolute Gasteiger partial charge is 0.325 e. The number of nitrogens with zero attached hydrogens (tertiary/aromatic N) is 2. The number of amides is 3. The number of hydrogen-bond acceptors (Lipinski definition) is 7. The minimum atomic E-state index is -0.882. The Kier molecular flexibility index (Phi) is 11.4. The predicted molar refractivity (Wildman–Crippen MR) is 163 cm³/mol. The Labute approximate surface area is 247 Å². The van der Waals surface area contributed by atoms with Crippen molar-refractivity contribution < 1.29 is 23.9 Å². The summed E-state index contributed by atoms with van der Waals surface area (Å²) in [6.07, 6.45) is 5.76. The molecule has 2 aromatic rings. The molecule has 3 unspecified atom stereocenters. The number of carbonyl (C=O) groups is 4. The lowest BCUT2D eigenvalue weighted by Gasteiger charge is -2.35. The molecule has 3 amide bonds. The molecule has 2 heterocycles. The third kappa shape index (κ3) is 8.25. The van der Waals surface area contributed by atoms with Crippen LogP contribution >= 0.6 is 0 Å². The Morgan fingerprint density at radius 3 is 2.45 bits per heavy atom. The fourth-order valence-corrected chi connectivity index (χ4v) is 4.73. The van der Waals surface area contributed by atoms with Crippen LogP contribution in [0.4, 0.5) is 0 Å². The first-order valence-corrected chi connectivity index (χ1v) is 14.5. The van der Waals surface area contributed by atoms with E-state index < -0.39 is 36.1 Å². The highest BCUT2D eigenvalue weighted by Crippen LogP contribution is 2.22. The number of benzene rings is 1. The van der Waals surface area contributed by atoms with Crippen LogP contribution in [-0.2, 0) is 23.9 Å². The van der Waals surface area contributed by atoms with Crippen LogP contribution in [0.1, 0.15) is 71.7 Å². The van der Waals surface area contributed by atoms with Gasteiger partial charge >= 0.3 is 5.97 Å². The molecule has 226 valence electrons. The Morgan fingerprint density at radius 1 is 1.07 bits per heavy atom. The summed E-state index contributed by atoms with van der Waals surface area (Å²) < 4.78 is 5.73. The van der Waals surface area contributed by atoms with Gasteiger partial charge in [0.15, 0.2) is 0 Å². The first-order chi connectivity index (χ1) is 19.9. The van der Waals surface area contributed by atoms with E-state index in [0.29, 0.717) is 25.1 Å². The Hall–Kier alpha value is -4.05. The topological polar surface area (TPSA) is 130 Å². The zero-order valence-electron chi connectivity index (χ0n) is 25.3. The maximum absolute atomic E-state index is 13.2. The van der Waals surface area contributed by atoms with Crippen molar-refractivity contribution in [3.05, 3.63) is 60.3 Å². The van der Waals surface area contributed by atoms with E-state index in [-0.39, 0.29) is 23.7 Å². The molecule has 1 aliphatic heterocycles. The van der Waals surface area contributed by atoms with Gasteiger partial charge in [0.1, 0.15) is 24.2 Å². The lowest BCUT2D eigenvalue weighted by Crippen LogP contribution is -2.61. The average molecular weight is 578 g/mol. The summed E-state index contributed by atoms with van der Waals surface area (Å²) in [6, 6.07) is 7.20. The maximum atomic E-state index is 13.2.